The van der Waals surface area contributed by atoms with Gasteiger partial charge in [0.05, 0.1) is 11.3 Å². The first kappa shape index (κ1) is 20.2. The maximum atomic E-state index is 12.8. The number of rotatable bonds is 7. The van der Waals surface area contributed by atoms with Gasteiger partial charge in [-0.1, -0.05) is 12.1 Å². The molecule has 2 rings (SSSR count). The van der Waals surface area contributed by atoms with E-state index in [0.717, 1.165) is 44.5 Å². The molecule has 0 atom stereocenters. The SMILES string of the molecule is CCN(CCCN(C)C)C(=O)Nc1c(C)cccc1C(=O)N1CCCC1. The number of carbonyl (C=O) groups is 2. The van der Waals surface area contributed by atoms with E-state index in [0.29, 0.717) is 24.3 Å². The molecule has 144 valence electrons. The third-order valence-corrected chi connectivity index (χ3v) is 4.83. The molecule has 3 amide bonds. The molecule has 0 aliphatic carbocycles. The fourth-order valence-corrected chi connectivity index (χ4v) is 3.27. The summed E-state index contributed by atoms with van der Waals surface area (Å²) in [7, 11) is 4.06. The third kappa shape index (κ3) is 5.21. The number of amides is 3. The Kier molecular flexibility index (Phi) is 7.45. The van der Waals surface area contributed by atoms with Crippen molar-refractivity contribution in [3.8, 4) is 0 Å². The van der Waals surface area contributed by atoms with Crippen LogP contribution in [0.5, 0.6) is 0 Å². The molecule has 0 aromatic heterocycles. The summed E-state index contributed by atoms with van der Waals surface area (Å²) in [6, 6.07) is 5.48. The largest absolute Gasteiger partial charge is 0.339 e. The summed E-state index contributed by atoms with van der Waals surface area (Å²) in [5, 5.41) is 3.00. The van der Waals surface area contributed by atoms with Gasteiger partial charge in [0.1, 0.15) is 0 Å². The van der Waals surface area contributed by atoms with Gasteiger partial charge in [-0.2, -0.15) is 0 Å². The highest BCUT2D eigenvalue weighted by Crippen LogP contribution is 2.24. The third-order valence-electron chi connectivity index (χ3n) is 4.83. The lowest BCUT2D eigenvalue weighted by Gasteiger charge is -2.24. The second-order valence-corrected chi connectivity index (χ2v) is 7.16. The van der Waals surface area contributed by atoms with Crippen LogP contribution in [0.3, 0.4) is 0 Å². The molecular formula is C20H32N4O2. The Morgan fingerprint density at radius 3 is 2.46 bits per heavy atom. The minimum Gasteiger partial charge on any atom is -0.339 e. The Morgan fingerprint density at radius 2 is 1.85 bits per heavy atom. The number of hydrogen-bond donors (Lipinski definition) is 1. The summed E-state index contributed by atoms with van der Waals surface area (Å²) in [6.07, 6.45) is 3.02. The number of anilines is 1. The standard InChI is InChI=1S/C20H32N4O2/c1-5-23(15-9-12-22(3)4)20(26)21-18-16(2)10-8-11-17(18)19(25)24-13-6-7-14-24/h8,10-11H,5-7,9,12-15H2,1-4H3,(H,21,26). The summed E-state index contributed by atoms with van der Waals surface area (Å²) < 4.78 is 0. The van der Waals surface area contributed by atoms with Gasteiger partial charge in [0, 0.05) is 26.2 Å². The van der Waals surface area contributed by atoms with Gasteiger partial charge in [-0.25, -0.2) is 4.79 Å². The molecule has 0 unspecified atom stereocenters. The van der Waals surface area contributed by atoms with Gasteiger partial charge in [-0.15, -0.1) is 0 Å². The van der Waals surface area contributed by atoms with Crippen molar-refractivity contribution in [1.29, 1.82) is 0 Å². The molecule has 6 nitrogen and oxygen atoms in total. The molecule has 1 aliphatic heterocycles. The van der Waals surface area contributed by atoms with Gasteiger partial charge >= 0.3 is 6.03 Å². The first-order valence-corrected chi connectivity index (χ1v) is 9.53. The normalized spacial score (nSPS) is 14.0. The lowest BCUT2D eigenvalue weighted by molar-refractivity contribution is 0.0793. The summed E-state index contributed by atoms with van der Waals surface area (Å²) in [5.74, 6) is 0.0113. The first-order valence-electron chi connectivity index (χ1n) is 9.53. The molecule has 1 heterocycles. The van der Waals surface area contributed by atoms with Crippen LogP contribution in [-0.2, 0) is 0 Å². The van der Waals surface area contributed by atoms with Gasteiger partial charge in [-0.3, -0.25) is 4.79 Å². The lowest BCUT2D eigenvalue weighted by Crippen LogP contribution is -2.37. The van der Waals surface area contributed by atoms with Crippen LogP contribution in [0, 0.1) is 6.92 Å². The van der Waals surface area contributed by atoms with E-state index in [2.05, 4.69) is 10.2 Å². The molecule has 0 radical (unpaired) electrons. The van der Waals surface area contributed by atoms with Crippen LogP contribution in [0.1, 0.15) is 42.1 Å². The van der Waals surface area contributed by atoms with E-state index in [1.807, 2.05) is 51.0 Å². The highest BCUT2D eigenvalue weighted by Gasteiger charge is 2.24. The summed E-state index contributed by atoms with van der Waals surface area (Å²) in [5.41, 5.74) is 2.14. The molecule has 1 aromatic rings. The van der Waals surface area contributed by atoms with Crippen molar-refractivity contribution < 1.29 is 9.59 Å². The Labute approximate surface area is 157 Å². The molecule has 1 fully saturated rings. The summed E-state index contributed by atoms with van der Waals surface area (Å²) in [4.78, 5) is 31.4. The van der Waals surface area contributed by atoms with E-state index in [1.165, 1.54) is 0 Å². The number of carbonyl (C=O) groups excluding carboxylic acids is 2. The average Bonchev–Trinajstić information content (AvgIpc) is 3.14. The molecular weight excluding hydrogens is 328 g/mol. The molecule has 1 saturated heterocycles. The van der Waals surface area contributed by atoms with E-state index in [-0.39, 0.29) is 11.9 Å². The van der Waals surface area contributed by atoms with Crippen molar-refractivity contribution in [2.45, 2.75) is 33.1 Å². The number of nitrogens with zero attached hydrogens (tertiary/aromatic N) is 3. The molecule has 26 heavy (non-hydrogen) atoms. The Balaban J connectivity index is 2.11. The smallest absolute Gasteiger partial charge is 0.321 e. The van der Waals surface area contributed by atoms with Crippen LogP contribution in [0.4, 0.5) is 10.5 Å². The van der Waals surface area contributed by atoms with Gasteiger partial charge in [0.2, 0.25) is 0 Å². The minimum absolute atomic E-state index is 0.0113. The number of urea groups is 1. The van der Waals surface area contributed by atoms with Crippen LogP contribution < -0.4 is 5.32 Å². The van der Waals surface area contributed by atoms with Crippen molar-refractivity contribution in [2.24, 2.45) is 0 Å². The van der Waals surface area contributed by atoms with Crippen molar-refractivity contribution >= 4 is 17.6 Å². The minimum atomic E-state index is -0.143. The lowest BCUT2D eigenvalue weighted by atomic mass is 10.1. The maximum Gasteiger partial charge on any atom is 0.321 e. The second-order valence-electron chi connectivity index (χ2n) is 7.16. The van der Waals surface area contributed by atoms with Gasteiger partial charge in [0.15, 0.2) is 0 Å². The Morgan fingerprint density at radius 1 is 1.15 bits per heavy atom. The van der Waals surface area contributed by atoms with Crippen molar-refractivity contribution in [3.05, 3.63) is 29.3 Å². The van der Waals surface area contributed by atoms with E-state index in [9.17, 15) is 9.59 Å². The molecule has 0 bridgehead atoms. The van der Waals surface area contributed by atoms with Crippen LogP contribution in [-0.4, -0.2) is 73.5 Å². The van der Waals surface area contributed by atoms with Crippen molar-refractivity contribution in [1.82, 2.24) is 14.7 Å². The molecule has 6 heteroatoms. The average molecular weight is 361 g/mol. The summed E-state index contributed by atoms with van der Waals surface area (Å²) >= 11 is 0. The van der Waals surface area contributed by atoms with Crippen LogP contribution in [0.2, 0.25) is 0 Å². The maximum absolute atomic E-state index is 12.8. The second kappa shape index (κ2) is 9.57. The van der Waals surface area contributed by atoms with Crippen molar-refractivity contribution in [3.63, 3.8) is 0 Å². The number of para-hydroxylation sites is 1. The number of nitrogens with one attached hydrogen (secondary N) is 1. The van der Waals surface area contributed by atoms with Crippen LogP contribution in [0.25, 0.3) is 0 Å². The fourth-order valence-electron chi connectivity index (χ4n) is 3.27. The van der Waals surface area contributed by atoms with E-state index in [1.54, 1.807) is 4.90 Å². The van der Waals surface area contributed by atoms with E-state index in [4.69, 9.17) is 0 Å². The quantitative estimate of drug-likeness (QED) is 0.813. The highest BCUT2D eigenvalue weighted by molar-refractivity contribution is 6.04. The topological polar surface area (TPSA) is 55.9 Å². The molecule has 0 spiro atoms. The van der Waals surface area contributed by atoms with Crippen molar-refractivity contribution in [2.75, 3.05) is 52.1 Å². The predicted molar refractivity (Wildman–Crippen MR) is 106 cm³/mol. The number of aryl methyl sites for hydroxylation is 1. The number of benzene rings is 1. The zero-order valence-corrected chi connectivity index (χ0v) is 16.5. The van der Waals surface area contributed by atoms with Crippen LogP contribution in [0.15, 0.2) is 18.2 Å². The van der Waals surface area contributed by atoms with Gasteiger partial charge in [-0.05, 0) is 65.4 Å². The number of likely N-dealkylation sites (tertiary alicyclic amines) is 1. The van der Waals surface area contributed by atoms with E-state index < -0.39 is 0 Å². The number of hydrogen-bond acceptors (Lipinski definition) is 3. The Hall–Kier alpha value is -2.08. The Bertz CT molecular complexity index is 624. The molecule has 1 N–H and O–H groups in total. The van der Waals surface area contributed by atoms with Crippen LogP contribution >= 0.6 is 0 Å². The fraction of sp³-hybridized carbons (Fsp3) is 0.600. The molecule has 0 saturated carbocycles. The molecule has 1 aliphatic rings. The first-order chi connectivity index (χ1) is 12.4. The zero-order valence-electron chi connectivity index (χ0n) is 16.5. The highest BCUT2D eigenvalue weighted by atomic mass is 16.2. The predicted octanol–water partition coefficient (Wildman–Crippen LogP) is 3.04. The summed E-state index contributed by atoms with van der Waals surface area (Å²) in [6.45, 7) is 7.77. The monoisotopic (exact) mass is 360 g/mol. The van der Waals surface area contributed by atoms with E-state index >= 15 is 0 Å². The van der Waals surface area contributed by atoms with Gasteiger partial charge < -0.3 is 20.0 Å². The van der Waals surface area contributed by atoms with Gasteiger partial charge in [0.25, 0.3) is 5.91 Å². The zero-order chi connectivity index (χ0) is 19.1. The molecule has 1 aromatic carbocycles.